The number of hydrogen-bond donors (Lipinski definition) is 0. The topological polar surface area (TPSA) is 148 Å². The summed E-state index contributed by atoms with van der Waals surface area (Å²) < 4.78 is 69.0. The summed E-state index contributed by atoms with van der Waals surface area (Å²) in [5.74, 6) is 4.25. The number of rotatable bonds is 12. The minimum absolute atomic E-state index is 0. The number of allylic oxidation sites excluding steroid dienone is 1. The van der Waals surface area contributed by atoms with E-state index in [2.05, 4.69) is 13.5 Å². The molecule has 10 nitrogen and oxygen atoms in total. The van der Waals surface area contributed by atoms with Crippen molar-refractivity contribution in [3.63, 3.8) is 0 Å². The second-order valence-electron chi connectivity index (χ2n) is 10.2. The van der Waals surface area contributed by atoms with E-state index in [0.717, 1.165) is 5.57 Å². The van der Waals surface area contributed by atoms with Crippen LogP contribution in [0.25, 0.3) is 0 Å². The number of halogens is 1. The molecule has 0 unspecified atom stereocenters. The molecule has 0 spiro atoms. The second kappa shape index (κ2) is 26.2. The molecule has 0 radical (unpaired) electrons. The Morgan fingerprint density at radius 3 is 0.630 bits per heavy atom. The first-order valence-electron chi connectivity index (χ1n) is 15.6. The summed E-state index contributed by atoms with van der Waals surface area (Å²) in [5.41, 5.74) is 0.917. The van der Waals surface area contributed by atoms with Gasteiger partial charge in [0.25, 0.3) is 0 Å². The Morgan fingerprint density at radius 1 is 0.407 bits per heavy atom. The Hall–Kier alpha value is -4.62. The molecule has 284 valence electrons. The van der Waals surface area contributed by atoms with Crippen LogP contribution in [0.4, 0.5) is 0 Å². The number of para-hydroxylation sites is 6. The fraction of sp³-hybridized carbons (Fsp3) is 0.0250. The molecule has 0 aliphatic rings. The third-order valence-corrected chi connectivity index (χ3v) is 7.70. The van der Waals surface area contributed by atoms with Gasteiger partial charge < -0.3 is 27.1 Å². The summed E-state index contributed by atoms with van der Waals surface area (Å²) in [5, 5.41) is 0. The van der Waals surface area contributed by atoms with Crippen molar-refractivity contribution in [3.8, 4) is 34.5 Å². The van der Waals surface area contributed by atoms with E-state index in [-0.39, 0.29) is 20.4 Å². The first-order valence-corrected chi connectivity index (χ1v) is 19.0. The minimum atomic E-state index is -4.94. The van der Waals surface area contributed by atoms with Gasteiger partial charge in [0.15, 0.2) is 0 Å². The largest absolute Gasteiger partial charge is 2.00 e. The molecule has 0 aliphatic heterocycles. The van der Waals surface area contributed by atoms with Crippen LogP contribution in [0.3, 0.4) is 0 Å². The van der Waals surface area contributed by atoms with Crippen LogP contribution >= 0.6 is 17.2 Å². The fourth-order valence-electron chi connectivity index (χ4n) is 3.52. The van der Waals surface area contributed by atoms with E-state index in [1.165, 1.54) is 0 Å². The smallest absolute Gasteiger partial charge is 0.409 e. The molecule has 0 heterocycles. The van der Waals surface area contributed by atoms with Crippen molar-refractivity contribution in [1.29, 1.82) is 0 Å². The van der Waals surface area contributed by atoms with Crippen molar-refractivity contribution >= 4 is 17.2 Å². The van der Waals surface area contributed by atoms with Crippen LogP contribution in [-0.2, 0) is 20.4 Å². The summed E-state index contributed by atoms with van der Waals surface area (Å²) >= 11 is 0. The van der Waals surface area contributed by atoms with Crippen LogP contribution in [0.2, 0.25) is 0 Å². The summed E-state index contributed by atoms with van der Waals surface area (Å²) in [6.45, 7) is 8.75. The predicted octanol–water partition coefficient (Wildman–Crippen LogP) is 7.54. The molecular weight excluding hydrogens is 844 g/mol. The van der Waals surface area contributed by atoms with E-state index < -0.39 is 27.4 Å². The van der Waals surface area contributed by atoms with Gasteiger partial charge in [-0.2, -0.15) is 0 Å². The molecule has 6 aromatic carbocycles. The van der Waals surface area contributed by atoms with Crippen LogP contribution in [0.5, 0.6) is 34.5 Å². The van der Waals surface area contributed by atoms with Crippen molar-refractivity contribution in [3.05, 3.63) is 201 Å². The van der Waals surface area contributed by atoms with Gasteiger partial charge in [0.1, 0.15) is 34.5 Å². The van der Waals surface area contributed by atoms with Gasteiger partial charge in [-0.15, -0.1) is 10.2 Å². The molecule has 0 aliphatic carbocycles. The molecular formula is C40H37ClO10P2Pd. The Bertz CT molecular complexity index is 1480. The summed E-state index contributed by atoms with van der Waals surface area (Å²) in [6, 6.07) is 57.0. The monoisotopic (exact) mass is 880 g/mol. The van der Waals surface area contributed by atoms with Crippen LogP contribution in [0.1, 0.15) is 6.92 Å². The van der Waals surface area contributed by atoms with Crippen LogP contribution < -0.4 is 45.8 Å². The van der Waals surface area contributed by atoms with E-state index in [4.69, 9.17) is 45.8 Å². The minimum Gasteiger partial charge on any atom is -0.409 e. The molecule has 0 fully saturated rings. The van der Waals surface area contributed by atoms with E-state index in [0.29, 0.717) is 34.5 Å². The van der Waals surface area contributed by atoms with Gasteiger partial charge in [0, 0.05) is 0 Å². The molecule has 54 heavy (non-hydrogen) atoms. The fourth-order valence-corrected chi connectivity index (χ4v) is 5.50. The maximum absolute atomic E-state index is 8.49. The number of hydrogen-bond acceptors (Lipinski definition) is 10. The third-order valence-electron chi connectivity index (χ3n) is 5.54. The molecule has 0 N–H and O–H groups in total. The Morgan fingerprint density at radius 2 is 0.519 bits per heavy atom. The zero-order chi connectivity index (χ0) is 38.2. The molecule has 0 amide bonds. The van der Waals surface area contributed by atoms with Crippen molar-refractivity contribution < 1.29 is 76.4 Å². The first kappa shape index (κ1) is 45.5. The second-order valence-corrected chi connectivity index (χ2v) is 13.0. The molecule has 0 saturated carbocycles. The van der Waals surface area contributed by atoms with E-state index in [9.17, 15) is 0 Å². The van der Waals surface area contributed by atoms with Crippen molar-refractivity contribution in [2.24, 2.45) is 0 Å². The number of benzene rings is 6. The maximum Gasteiger partial charge on any atom is 2.00 e. The predicted molar refractivity (Wildman–Crippen MR) is 196 cm³/mol. The Balaban J connectivity index is 0.000000301. The maximum atomic E-state index is 8.49. The molecule has 0 aromatic heterocycles. The van der Waals surface area contributed by atoms with Crippen LogP contribution in [-0.4, -0.2) is 0 Å². The molecule has 6 rings (SSSR count). The third kappa shape index (κ3) is 22.5. The molecule has 0 atom stereocenters. The summed E-state index contributed by atoms with van der Waals surface area (Å²) in [6.07, 6.45) is 0. The molecule has 6 aromatic rings. The average molecular weight is 882 g/mol. The van der Waals surface area contributed by atoms with Crippen molar-refractivity contribution in [2.45, 2.75) is 6.92 Å². The molecule has 0 bridgehead atoms. The van der Waals surface area contributed by atoms with Gasteiger partial charge in [0.2, 0.25) is 0 Å². The van der Waals surface area contributed by atoms with E-state index in [1.807, 2.05) is 189 Å². The quantitative estimate of drug-likeness (QED) is 0.0686. The average Bonchev–Trinajstić information content (AvgIpc) is 3.14. The first-order chi connectivity index (χ1) is 25.5. The summed E-state index contributed by atoms with van der Waals surface area (Å²) in [7, 11) is -8.12. The van der Waals surface area contributed by atoms with Gasteiger partial charge in [-0.05, 0) is 72.8 Å². The van der Waals surface area contributed by atoms with E-state index in [1.54, 1.807) is 0 Å². The van der Waals surface area contributed by atoms with Gasteiger partial charge in [-0.1, -0.05) is 116 Å². The Kier molecular flexibility index (Phi) is 22.1. The molecule has 0 saturated heterocycles. The van der Waals surface area contributed by atoms with Gasteiger partial charge in [0.05, 0.1) is 0 Å². The van der Waals surface area contributed by atoms with Gasteiger partial charge >= 0.3 is 37.6 Å². The van der Waals surface area contributed by atoms with E-state index >= 15 is 0 Å². The SMILES string of the molecule is C=C([CH2-])C.[O-][Cl+3]([O-])([O-])[O-].[Pd+2].c1ccc(OP(Oc2ccccc2)Oc2ccccc2)cc1.c1ccc(OP(Oc2ccccc2)Oc2ccccc2)cc1. The van der Waals surface area contributed by atoms with Crippen molar-refractivity contribution in [1.82, 2.24) is 0 Å². The van der Waals surface area contributed by atoms with Crippen LogP contribution in [0, 0.1) is 17.2 Å². The van der Waals surface area contributed by atoms with Gasteiger partial charge in [-0.25, -0.2) is 37.7 Å². The molecule has 14 heteroatoms. The Labute approximate surface area is 334 Å². The zero-order valence-electron chi connectivity index (χ0n) is 28.9. The van der Waals surface area contributed by atoms with Crippen molar-refractivity contribution in [2.75, 3.05) is 0 Å². The summed E-state index contributed by atoms with van der Waals surface area (Å²) in [4.78, 5) is 0. The van der Waals surface area contributed by atoms with Crippen LogP contribution in [0.15, 0.2) is 194 Å². The normalized spacial score (nSPS) is 9.91. The standard InChI is InChI=1S/2C18H15O3P.C4H7.ClHO4.Pd/c2*1-4-10-16(11-5-1)19-22(20-17-12-6-2-7-13-17)21-18-14-8-3-9-15-18;1-4(2)3;2-1(3,4)5;/h2*1-15H;1-2H2,3H3;(H,2,3,4,5);/q;;-1;;+2/p-1. The zero-order valence-corrected chi connectivity index (χ0v) is 33.0. The van der Waals surface area contributed by atoms with Gasteiger partial charge in [-0.3, -0.25) is 0 Å².